The Morgan fingerprint density at radius 3 is 3.05 bits per heavy atom. The van der Waals surface area contributed by atoms with Crippen molar-refractivity contribution in [3.8, 4) is 0 Å². The van der Waals surface area contributed by atoms with E-state index in [-0.39, 0.29) is 0 Å². The van der Waals surface area contributed by atoms with Crippen LogP contribution in [0.15, 0.2) is 18.5 Å². The van der Waals surface area contributed by atoms with Crippen LogP contribution in [0.3, 0.4) is 0 Å². The molecular weight excluding hydrogens is 258 g/mol. The number of hydrogen-bond donors (Lipinski definition) is 2. The smallest absolute Gasteiger partial charge is 0.252 e. The molecule has 1 fully saturated rings. The number of nitrogens with two attached hydrogens (primary N) is 1. The van der Waals surface area contributed by atoms with E-state index in [1.165, 1.54) is 6.20 Å². The van der Waals surface area contributed by atoms with Gasteiger partial charge in [0, 0.05) is 38.8 Å². The number of amides is 1. The molecule has 2 rings (SSSR count). The number of carbonyl (C=O) groups is 1. The molecule has 0 aromatic carbocycles. The predicted molar refractivity (Wildman–Crippen MR) is 75.7 cm³/mol. The number of anilines is 1. The van der Waals surface area contributed by atoms with Crippen LogP contribution in [0.25, 0.3) is 0 Å². The SMILES string of the molecule is NC(=O)c1cnccc1NCCCOC1CCOCC1. The van der Waals surface area contributed by atoms with Crippen LogP contribution in [-0.2, 0) is 9.47 Å². The number of aromatic nitrogens is 1. The summed E-state index contributed by atoms with van der Waals surface area (Å²) in [5.41, 5.74) is 6.42. The number of pyridine rings is 1. The fourth-order valence-electron chi connectivity index (χ4n) is 2.13. The molecule has 0 unspecified atom stereocenters. The number of nitrogens with zero attached hydrogens (tertiary/aromatic N) is 1. The first kappa shape index (κ1) is 14.7. The van der Waals surface area contributed by atoms with Gasteiger partial charge >= 0.3 is 0 Å². The number of ether oxygens (including phenoxy) is 2. The molecule has 0 atom stereocenters. The molecule has 6 nitrogen and oxygen atoms in total. The van der Waals surface area contributed by atoms with Gasteiger partial charge in [0.25, 0.3) is 5.91 Å². The molecule has 0 radical (unpaired) electrons. The van der Waals surface area contributed by atoms with Crippen molar-refractivity contribution in [1.29, 1.82) is 0 Å². The Morgan fingerprint density at radius 1 is 1.50 bits per heavy atom. The fourth-order valence-corrected chi connectivity index (χ4v) is 2.13. The third-order valence-electron chi connectivity index (χ3n) is 3.24. The van der Waals surface area contributed by atoms with Gasteiger partial charge in [0.15, 0.2) is 0 Å². The highest BCUT2D eigenvalue weighted by atomic mass is 16.5. The van der Waals surface area contributed by atoms with E-state index in [4.69, 9.17) is 15.2 Å². The summed E-state index contributed by atoms with van der Waals surface area (Å²) in [4.78, 5) is 15.1. The lowest BCUT2D eigenvalue weighted by Crippen LogP contribution is -2.24. The molecule has 0 saturated carbocycles. The van der Waals surface area contributed by atoms with Crippen molar-refractivity contribution in [3.63, 3.8) is 0 Å². The highest BCUT2D eigenvalue weighted by molar-refractivity contribution is 5.98. The van der Waals surface area contributed by atoms with Gasteiger partial charge in [-0.1, -0.05) is 0 Å². The van der Waals surface area contributed by atoms with E-state index in [1.54, 1.807) is 12.3 Å². The average molecular weight is 279 g/mol. The van der Waals surface area contributed by atoms with Crippen LogP contribution < -0.4 is 11.1 Å². The van der Waals surface area contributed by atoms with Crippen molar-refractivity contribution in [2.24, 2.45) is 5.73 Å². The second-order valence-electron chi connectivity index (χ2n) is 4.75. The Hall–Kier alpha value is -1.66. The maximum Gasteiger partial charge on any atom is 0.252 e. The van der Waals surface area contributed by atoms with Crippen LogP contribution in [0.2, 0.25) is 0 Å². The van der Waals surface area contributed by atoms with E-state index in [0.29, 0.717) is 18.3 Å². The Morgan fingerprint density at radius 2 is 2.30 bits per heavy atom. The molecule has 1 aromatic rings. The third-order valence-corrected chi connectivity index (χ3v) is 3.24. The molecule has 3 N–H and O–H groups in total. The van der Waals surface area contributed by atoms with Gasteiger partial charge in [-0.25, -0.2) is 0 Å². The molecule has 0 bridgehead atoms. The van der Waals surface area contributed by atoms with Crippen LogP contribution in [0.4, 0.5) is 5.69 Å². The second-order valence-corrected chi connectivity index (χ2v) is 4.75. The molecule has 20 heavy (non-hydrogen) atoms. The zero-order valence-electron chi connectivity index (χ0n) is 11.5. The topological polar surface area (TPSA) is 86.5 Å². The van der Waals surface area contributed by atoms with Crippen molar-refractivity contribution in [3.05, 3.63) is 24.0 Å². The maximum absolute atomic E-state index is 11.2. The van der Waals surface area contributed by atoms with Crippen molar-refractivity contribution >= 4 is 11.6 Å². The maximum atomic E-state index is 11.2. The predicted octanol–water partition coefficient (Wildman–Crippen LogP) is 1.18. The molecule has 6 heteroatoms. The van der Waals surface area contributed by atoms with Gasteiger partial charge in [-0.15, -0.1) is 0 Å². The van der Waals surface area contributed by atoms with E-state index in [0.717, 1.165) is 44.7 Å². The number of carbonyl (C=O) groups excluding carboxylic acids is 1. The van der Waals surface area contributed by atoms with Crippen LogP contribution in [0.1, 0.15) is 29.6 Å². The Labute approximate surface area is 118 Å². The zero-order chi connectivity index (χ0) is 14.2. The van der Waals surface area contributed by atoms with Crippen LogP contribution in [0, 0.1) is 0 Å². The minimum atomic E-state index is -0.473. The van der Waals surface area contributed by atoms with Crippen LogP contribution >= 0.6 is 0 Å². The van der Waals surface area contributed by atoms with Gasteiger partial charge < -0.3 is 20.5 Å². The van der Waals surface area contributed by atoms with E-state index >= 15 is 0 Å². The van der Waals surface area contributed by atoms with Gasteiger partial charge in [0.1, 0.15) is 0 Å². The van der Waals surface area contributed by atoms with Crippen molar-refractivity contribution in [1.82, 2.24) is 4.98 Å². The highest BCUT2D eigenvalue weighted by Crippen LogP contribution is 2.13. The normalized spacial score (nSPS) is 16.0. The number of hydrogen-bond acceptors (Lipinski definition) is 5. The third kappa shape index (κ3) is 4.47. The standard InChI is InChI=1S/C14H21N3O3/c15-14(18)12-10-16-6-2-13(12)17-5-1-7-20-11-3-8-19-9-4-11/h2,6,10-11H,1,3-5,7-9H2,(H2,15,18)(H,16,17). The minimum Gasteiger partial charge on any atom is -0.384 e. The Kier molecular flexibility index (Phi) is 5.76. The number of nitrogens with one attached hydrogen (secondary N) is 1. The highest BCUT2D eigenvalue weighted by Gasteiger charge is 2.13. The molecule has 0 aliphatic carbocycles. The summed E-state index contributed by atoms with van der Waals surface area (Å²) in [6.45, 7) is 3.02. The monoisotopic (exact) mass is 279 g/mol. The number of primary amides is 1. The van der Waals surface area contributed by atoms with Crippen LogP contribution in [0.5, 0.6) is 0 Å². The van der Waals surface area contributed by atoms with Gasteiger partial charge in [0.2, 0.25) is 0 Å². The molecule has 0 spiro atoms. The van der Waals surface area contributed by atoms with Crippen LogP contribution in [-0.4, -0.2) is 43.4 Å². The summed E-state index contributed by atoms with van der Waals surface area (Å²) in [7, 11) is 0. The summed E-state index contributed by atoms with van der Waals surface area (Å²) in [6, 6.07) is 1.75. The largest absolute Gasteiger partial charge is 0.384 e. The van der Waals surface area contributed by atoms with Gasteiger partial charge in [-0.2, -0.15) is 0 Å². The molecular formula is C14H21N3O3. The Balaban J connectivity index is 1.67. The van der Waals surface area contributed by atoms with Crippen molar-refractivity contribution in [2.45, 2.75) is 25.4 Å². The quantitative estimate of drug-likeness (QED) is 0.732. The van der Waals surface area contributed by atoms with E-state index < -0.39 is 5.91 Å². The molecule has 2 heterocycles. The summed E-state index contributed by atoms with van der Waals surface area (Å²) >= 11 is 0. The molecule has 1 aromatic heterocycles. The lowest BCUT2D eigenvalue weighted by atomic mass is 10.1. The number of rotatable bonds is 7. The summed E-state index contributed by atoms with van der Waals surface area (Å²) < 4.78 is 11.1. The molecule has 1 aliphatic heterocycles. The summed E-state index contributed by atoms with van der Waals surface area (Å²) in [5, 5.41) is 3.19. The molecule has 1 saturated heterocycles. The second kappa shape index (κ2) is 7.81. The van der Waals surface area contributed by atoms with Gasteiger partial charge in [-0.3, -0.25) is 9.78 Å². The summed E-state index contributed by atoms with van der Waals surface area (Å²) in [5.74, 6) is -0.473. The van der Waals surface area contributed by atoms with Crippen molar-refractivity contribution < 1.29 is 14.3 Å². The molecule has 1 amide bonds. The van der Waals surface area contributed by atoms with Gasteiger partial charge in [0.05, 0.1) is 17.4 Å². The lowest BCUT2D eigenvalue weighted by Gasteiger charge is -2.22. The van der Waals surface area contributed by atoms with E-state index in [1.807, 2.05) is 0 Å². The lowest BCUT2D eigenvalue weighted by molar-refractivity contribution is -0.0316. The summed E-state index contributed by atoms with van der Waals surface area (Å²) in [6.07, 6.45) is 6.26. The van der Waals surface area contributed by atoms with E-state index in [9.17, 15) is 4.79 Å². The minimum absolute atomic E-state index is 0.325. The van der Waals surface area contributed by atoms with E-state index in [2.05, 4.69) is 10.3 Å². The first-order chi connectivity index (χ1) is 9.77. The molecule has 1 aliphatic rings. The molecule has 110 valence electrons. The zero-order valence-corrected chi connectivity index (χ0v) is 11.5. The fraction of sp³-hybridized carbons (Fsp3) is 0.571. The van der Waals surface area contributed by atoms with Crippen molar-refractivity contribution in [2.75, 3.05) is 31.7 Å². The van der Waals surface area contributed by atoms with Gasteiger partial charge in [-0.05, 0) is 25.3 Å². The first-order valence-corrected chi connectivity index (χ1v) is 6.94. The average Bonchev–Trinajstić information content (AvgIpc) is 2.48. The first-order valence-electron chi connectivity index (χ1n) is 6.94. The Bertz CT molecular complexity index is 433.